The van der Waals surface area contributed by atoms with Crippen molar-refractivity contribution < 1.29 is 22.8 Å². The number of halogens is 3. The molecule has 46 heavy (non-hydrogen) atoms. The predicted molar refractivity (Wildman–Crippen MR) is 172 cm³/mol. The van der Waals surface area contributed by atoms with Crippen LogP contribution in [-0.4, -0.2) is 79.9 Å². The number of aromatic nitrogens is 6. The van der Waals surface area contributed by atoms with Crippen molar-refractivity contribution in [3.8, 4) is 0 Å². The summed E-state index contributed by atoms with van der Waals surface area (Å²) < 4.78 is 40.1. The first kappa shape index (κ1) is 31.3. The molecule has 2 N–H and O–H groups in total. The standard InChI is InChI=1S/C27H29F3N10O2S4/c1-26(28)10-39(11-26)24-31-16(8-43-24)6-18(41)33-22-37-35-20(45-22)14-3-2-4-15(5-14)21-36-38-23(46-21)34-19(42)7-17-9-44-25(32-17)40-12-27(29,30)13-40/h8-9,14-15H,2-7,10-13H2,1H3,(H,33,37,41)(H,34,38,42)/t14-,15-/m0/s1. The first-order valence-electron chi connectivity index (χ1n) is 14.7. The number of anilines is 4. The van der Waals surface area contributed by atoms with Crippen molar-refractivity contribution >= 4 is 77.7 Å². The Hall–Kier alpha value is -3.29. The molecule has 0 bridgehead atoms. The lowest BCUT2D eigenvalue weighted by molar-refractivity contribution is -0.116. The average molecular weight is 711 g/mol. The van der Waals surface area contributed by atoms with Gasteiger partial charge in [-0.1, -0.05) is 29.1 Å². The number of thiazole rings is 2. The minimum Gasteiger partial charge on any atom is -0.342 e. The molecule has 6 heterocycles. The first-order valence-corrected chi connectivity index (χ1v) is 18.1. The molecule has 0 spiro atoms. The van der Waals surface area contributed by atoms with E-state index in [9.17, 15) is 22.8 Å². The third-order valence-corrected chi connectivity index (χ3v) is 11.8. The summed E-state index contributed by atoms with van der Waals surface area (Å²) in [6.07, 6.45) is 3.77. The van der Waals surface area contributed by atoms with Gasteiger partial charge in [-0.05, 0) is 26.2 Å². The second-order valence-electron chi connectivity index (χ2n) is 12.1. The minimum atomic E-state index is -2.68. The molecule has 19 heteroatoms. The van der Waals surface area contributed by atoms with E-state index in [1.165, 1.54) is 50.2 Å². The van der Waals surface area contributed by atoms with Gasteiger partial charge in [0.1, 0.15) is 15.7 Å². The molecule has 3 fully saturated rings. The zero-order valence-electron chi connectivity index (χ0n) is 24.5. The summed E-state index contributed by atoms with van der Waals surface area (Å²) in [6, 6.07) is 0. The number of carbonyl (C=O) groups excluding carboxylic acids is 2. The van der Waals surface area contributed by atoms with Crippen LogP contribution in [0.1, 0.15) is 65.8 Å². The number of alkyl halides is 3. The predicted octanol–water partition coefficient (Wildman–Crippen LogP) is 5.11. The highest BCUT2D eigenvalue weighted by Gasteiger charge is 2.45. The van der Waals surface area contributed by atoms with Gasteiger partial charge in [0.2, 0.25) is 22.1 Å². The summed E-state index contributed by atoms with van der Waals surface area (Å²) >= 11 is 5.35. The average Bonchev–Trinajstić information content (AvgIpc) is 3.79. The quantitative estimate of drug-likeness (QED) is 0.228. The molecule has 1 aliphatic carbocycles. The minimum absolute atomic E-state index is 0.0144. The van der Waals surface area contributed by atoms with Crippen molar-refractivity contribution in [3.63, 3.8) is 0 Å². The third-order valence-electron chi connectivity index (χ3n) is 7.94. The van der Waals surface area contributed by atoms with E-state index in [4.69, 9.17) is 0 Å². The molecule has 3 aliphatic rings. The van der Waals surface area contributed by atoms with Gasteiger partial charge in [-0.2, -0.15) is 0 Å². The van der Waals surface area contributed by atoms with E-state index in [0.717, 1.165) is 40.8 Å². The van der Waals surface area contributed by atoms with Crippen LogP contribution >= 0.6 is 45.3 Å². The van der Waals surface area contributed by atoms with Crippen molar-refractivity contribution in [1.29, 1.82) is 0 Å². The van der Waals surface area contributed by atoms with Gasteiger partial charge in [0.05, 0.1) is 50.4 Å². The third kappa shape index (κ3) is 7.16. The SMILES string of the molecule is CC1(F)CN(c2nc(CC(=O)Nc3nnc([C@H]4CCC[C@H](c5nnc(NC(=O)Cc6csc(N7CC(F)(F)C7)n6)s5)C4)s3)cs2)C1. The van der Waals surface area contributed by atoms with E-state index in [0.29, 0.717) is 39.9 Å². The highest BCUT2D eigenvalue weighted by Crippen LogP contribution is 2.43. The second-order valence-corrected chi connectivity index (χ2v) is 15.8. The monoisotopic (exact) mass is 710 g/mol. The number of hydrogen-bond acceptors (Lipinski definition) is 14. The Bertz CT molecular complexity index is 1600. The molecule has 7 rings (SSSR count). The van der Waals surface area contributed by atoms with Crippen LogP contribution in [0.15, 0.2) is 10.8 Å². The van der Waals surface area contributed by atoms with Crippen LogP contribution in [0.3, 0.4) is 0 Å². The van der Waals surface area contributed by atoms with Crippen molar-refractivity contribution in [2.75, 3.05) is 46.6 Å². The lowest BCUT2D eigenvalue weighted by Crippen LogP contribution is -2.57. The molecule has 2 saturated heterocycles. The summed E-state index contributed by atoms with van der Waals surface area (Å²) in [7, 11) is 0. The molecule has 4 aromatic heterocycles. The molecule has 1 saturated carbocycles. The van der Waals surface area contributed by atoms with Crippen LogP contribution in [-0.2, 0) is 22.4 Å². The molecule has 0 radical (unpaired) electrons. The number of nitrogens with one attached hydrogen (secondary N) is 2. The van der Waals surface area contributed by atoms with Crippen LogP contribution in [0.2, 0.25) is 0 Å². The highest BCUT2D eigenvalue weighted by atomic mass is 32.1. The summed E-state index contributed by atoms with van der Waals surface area (Å²) in [5.41, 5.74) is -0.0371. The zero-order valence-corrected chi connectivity index (χ0v) is 27.8. The van der Waals surface area contributed by atoms with Gasteiger partial charge in [0.25, 0.3) is 5.92 Å². The smallest absolute Gasteiger partial charge is 0.282 e. The zero-order chi connectivity index (χ0) is 32.1. The maximum atomic E-state index is 13.8. The lowest BCUT2D eigenvalue weighted by Gasteiger charge is -2.41. The highest BCUT2D eigenvalue weighted by molar-refractivity contribution is 7.16. The number of rotatable bonds is 10. The number of hydrogen-bond donors (Lipinski definition) is 2. The van der Waals surface area contributed by atoms with Crippen LogP contribution in [0.5, 0.6) is 0 Å². The fourth-order valence-electron chi connectivity index (χ4n) is 5.77. The molecule has 2 atom stereocenters. The molecule has 0 aromatic carbocycles. The van der Waals surface area contributed by atoms with Crippen LogP contribution < -0.4 is 20.4 Å². The van der Waals surface area contributed by atoms with Gasteiger partial charge in [0.15, 0.2) is 10.3 Å². The topological polar surface area (TPSA) is 142 Å². The Morgan fingerprint density at radius 3 is 1.74 bits per heavy atom. The van der Waals surface area contributed by atoms with Gasteiger partial charge >= 0.3 is 0 Å². The van der Waals surface area contributed by atoms with Crippen molar-refractivity contribution in [2.45, 2.75) is 68.9 Å². The Balaban J connectivity index is 0.885. The Labute approximate surface area is 277 Å². The molecule has 244 valence electrons. The molecule has 0 unspecified atom stereocenters. The van der Waals surface area contributed by atoms with Crippen LogP contribution in [0.4, 0.5) is 33.7 Å². The molecular formula is C27H29F3N10O2S4. The number of nitrogens with zero attached hydrogens (tertiary/aromatic N) is 8. The lowest BCUT2D eigenvalue weighted by atomic mass is 9.82. The summed E-state index contributed by atoms with van der Waals surface area (Å²) in [6.45, 7) is 1.48. The van der Waals surface area contributed by atoms with Crippen molar-refractivity contribution in [2.24, 2.45) is 0 Å². The Morgan fingerprint density at radius 2 is 1.28 bits per heavy atom. The Morgan fingerprint density at radius 1 is 0.804 bits per heavy atom. The van der Waals surface area contributed by atoms with E-state index in [-0.39, 0.29) is 49.6 Å². The largest absolute Gasteiger partial charge is 0.342 e. The van der Waals surface area contributed by atoms with Crippen molar-refractivity contribution in [1.82, 2.24) is 30.4 Å². The summed E-state index contributed by atoms with van der Waals surface area (Å²) in [5, 5.41) is 29.9. The molecule has 2 aliphatic heterocycles. The van der Waals surface area contributed by atoms with E-state index in [1.807, 2.05) is 10.3 Å². The van der Waals surface area contributed by atoms with E-state index in [2.05, 4.69) is 41.0 Å². The molecule has 2 amide bonds. The molecular weight excluding hydrogens is 682 g/mol. The van der Waals surface area contributed by atoms with Crippen molar-refractivity contribution in [3.05, 3.63) is 32.2 Å². The normalized spacial score (nSPS) is 21.8. The summed E-state index contributed by atoms with van der Waals surface area (Å²) in [4.78, 5) is 37.4. The van der Waals surface area contributed by atoms with Crippen LogP contribution in [0, 0.1) is 0 Å². The molecule has 4 aromatic rings. The number of carbonyl (C=O) groups is 2. The Kier molecular flexibility index (Phi) is 8.43. The van der Waals surface area contributed by atoms with Gasteiger partial charge < -0.3 is 20.4 Å². The second kappa shape index (κ2) is 12.4. The summed E-state index contributed by atoms with van der Waals surface area (Å²) in [5.74, 6) is -2.90. The number of amides is 2. The van der Waals surface area contributed by atoms with E-state index >= 15 is 0 Å². The maximum absolute atomic E-state index is 13.8. The van der Waals surface area contributed by atoms with Gasteiger partial charge in [-0.25, -0.2) is 23.1 Å². The fourth-order valence-corrected chi connectivity index (χ4v) is 9.24. The fraction of sp³-hybridized carbons (Fsp3) is 0.556. The first-order chi connectivity index (χ1) is 22.0. The van der Waals surface area contributed by atoms with Gasteiger partial charge in [-0.15, -0.1) is 43.1 Å². The molecule has 12 nitrogen and oxygen atoms in total. The maximum Gasteiger partial charge on any atom is 0.282 e. The van der Waals surface area contributed by atoms with Crippen LogP contribution in [0.25, 0.3) is 0 Å². The van der Waals surface area contributed by atoms with E-state index < -0.39 is 11.6 Å². The van der Waals surface area contributed by atoms with Gasteiger partial charge in [0, 0.05) is 22.6 Å². The van der Waals surface area contributed by atoms with E-state index in [1.54, 1.807) is 12.3 Å². The van der Waals surface area contributed by atoms with Gasteiger partial charge in [-0.3, -0.25) is 9.59 Å².